The van der Waals surface area contributed by atoms with Crippen LogP contribution in [0, 0.1) is 0 Å². The Morgan fingerprint density at radius 1 is 0.682 bits per heavy atom. The van der Waals surface area contributed by atoms with Crippen molar-refractivity contribution in [3.8, 4) is 0 Å². The Balaban J connectivity index is 1.89. The van der Waals surface area contributed by atoms with Crippen molar-refractivity contribution in [3.63, 3.8) is 0 Å². The Labute approximate surface area is 134 Å². The first-order valence-corrected chi connectivity index (χ1v) is 8.36. The summed E-state index contributed by atoms with van der Waals surface area (Å²) < 4.78 is 0. The van der Waals surface area contributed by atoms with Gasteiger partial charge in [-0.05, 0) is 27.7 Å². The highest BCUT2D eigenvalue weighted by Gasteiger charge is 2.32. The number of hydrogen-bond donors (Lipinski definition) is 0. The van der Waals surface area contributed by atoms with E-state index in [1.807, 2.05) is 9.80 Å². The van der Waals surface area contributed by atoms with Crippen LogP contribution in [0.5, 0.6) is 0 Å². The van der Waals surface area contributed by atoms with Gasteiger partial charge < -0.3 is 9.80 Å². The zero-order valence-electron chi connectivity index (χ0n) is 14.3. The molecule has 6 nitrogen and oxygen atoms in total. The third-order valence-electron chi connectivity index (χ3n) is 5.17. The maximum absolute atomic E-state index is 11.0. The summed E-state index contributed by atoms with van der Waals surface area (Å²) in [6, 6.07) is 1.60. The van der Waals surface area contributed by atoms with Gasteiger partial charge in [-0.2, -0.15) is 0 Å². The van der Waals surface area contributed by atoms with Gasteiger partial charge in [-0.25, -0.2) is 0 Å². The molecule has 126 valence electrons. The summed E-state index contributed by atoms with van der Waals surface area (Å²) >= 11 is 0. The third kappa shape index (κ3) is 3.79. The first-order chi connectivity index (χ1) is 10.5. The summed E-state index contributed by atoms with van der Waals surface area (Å²) in [5.74, 6) is 0. The zero-order chi connectivity index (χ0) is 16.3. The molecule has 0 aromatic carbocycles. The van der Waals surface area contributed by atoms with Crippen LogP contribution in [0.15, 0.2) is 0 Å². The second-order valence-electron chi connectivity index (χ2n) is 6.99. The van der Waals surface area contributed by atoms with Gasteiger partial charge in [0.05, 0.1) is 0 Å². The summed E-state index contributed by atoms with van der Waals surface area (Å²) in [6.07, 6.45) is 1.93. The van der Waals surface area contributed by atoms with Crippen molar-refractivity contribution >= 4 is 12.8 Å². The quantitative estimate of drug-likeness (QED) is 0.675. The van der Waals surface area contributed by atoms with Gasteiger partial charge in [-0.1, -0.05) is 0 Å². The van der Waals surface area contributed by atoms with Crippen molar-refractivity contribution in [2.45, 2.75) is 51.9 Å². The van der Waals surface area contributed by atoms with E-state index in [1.165, 1.54) is 0 Å². The number of carbonyl (C=O) groups excluding carboxylic acids is 2. The van der Waals surface area contributed by atoms with E-state index < -0.39 is 0 Å². The van der Waals surface area contributed by atoms with Gasteiger partial charge in [0.2, 0.25) is 12.8 Å². The van der Waals surface area contributed by atoms with Crippen LogP contribution in [0.25, 0.3) is 0 Å². The third-order valence-corrected chi connectivity index (χ3v) is 5.17. The van der Waals surface area contributed by atoms with E-state index in [0.717, 1.165) is 52.1 Å². The monoisotopic (exact) mass is 310 g/mol. The van der Waals surface area contributed by atoms with Gasteiger partial charge in [0.25, 0.3) is 0 Å². The van der Waals surface area contributed by atoms with Gasteiger partial charge in [0.1, 0.15) is 0 Å². The molecule has 22 heavy (non-hydrogen) atoms. The van der Waals surface area contributed by atoms with Crippen molar-refractivity contribution in [2.75, 3.05) is 39.3 Å². The highest BCUT2D eigenvalue weighted by atomic mass is 16.1. The van der Waals surface area contributed by atoms with Crippen molar-refractivity contribution < 1.29 is 9.59 Å². The normalized spacial score (nSPS) is 34.7. The molecule has 0 aromatic heterocycles. The van der Waals surface area contributed by atoms with Gasteiger partial charge in [-0.3, -0.25) is 19.4 Å². The lowest BCUT2D eigenvalue weighted by atomic mass is 10.1. The fourth-order valence-electron chi connectivity index (χ4n) is 4.08. The second kappa shape index (κ2) is 7.42. The van der Waals surface area contributed by atoms with Crippen LogP contribution in [0.4, 0.5) is 0 Å². The van der Waals surface area contributed by atoms with Crippen LogP contribution < -0.4 is 0 Å². The highest BCUT2D eigenvalue weighted by Crippen LogP contribution is 2.18. The van der Waals surface area contributed by atoms with Crippen molar-refractivity contribution in [2.24, 2.45) is 0 Å². The maximum atomic E-state index is 11.0. The molecule has 2 rings (SSSR count). The van der Waals surface area contributed by atoms with Crippen molar-refractivity contribution in [1.82, 2.24) is 19.6 Å². The molecule has 0 spiro atoms. The van der Waals surface area contributed by atoms with Crippen LogP contribution in [0.1, 0.15) is 27.7 Å². The van der Waals surface area contributed by atoms with Crippen LogP contribution in [-0.4, -0.2) is 95.9 Å². The van der Waals surface area contributed by atoms with E-state index in [1.54, 1.807) is 0 Å². The largest absolute Gasteiger partial charge is 0.342 e. The standard InChI is InChI=1S/C16H30N4O2/c1-13-7-17(11-21)8-14(2)19(13)5-6-20-15(3)9-18(12-22)10-16(20)4/h11-16H,5-10H2,1-4H3/t13-,14+,15-,16+. The van der Waals surface area contributed by atoms with Gasteiger partial charge in [0.15, 0.2) is 0 Å². The Bertz CT molecular complexity index is 332. The van der Waals surface area contributed by atoms with Gasteiger partial charge >= 0.3 is 0 Å². The maximum Gasteiger partial charge on any atom is 0.209 e. The molecule has 0 aliphatic carbocycles. The average molecular weight is 310 g/mol. The molecule has 2 heterocycles. The molecule has 2 saturated heterocycles. The predicted octanol–water partition coefficient (Wildman–Crippen LogP) is 0.0884. The van der Waals surface area contributed by atoms with E-state index in [-0.39, 0.29) is 0 Å². The molecule has 0 N–H and O–H groups in total. The summed E-state index contributed by atoms with van der Waals surface area (Å²) in [7, 11) is 0. The summed E-state index contributed by atoms with van der Waals surface area (Å²) in [4.78, 5) is 30.7. The van der Waals surface area contributed by atoms with Gasteiger partial charge in [0, 0.05) is 63.4 Å². The van der Waals surface area contributed by atoms with Crippen molar-refractivity contribution in [3.05, 3.63) is 0 Å². The molecule has 0 bridgehead atoms. The summed E-state index contributed by atoms with van der Waals surface area (Å²) in [5, 5.41) is 0. The first-order valence-electron chi connectivity index (χ1n) is 8.36. The van der Waals surface area contributed by atoms with Crippen LogP contribution in [-0.2, 0) is 9.59 Å². The lowest BCUT2D eigenvalue weighted by Crippen LogP contribution is -2.61. The molecule has 2 amide bonds. The van der Waals surface area contributed by atoms with E-state index in [2.05, 4.69) is 37.5 Å². The van der Waals surface area contributed by atoms with E-state index in [0.29, 0.717) is 24.2 Å². The topological polar surface area (TPSA) is 47.1 Å². The summed E-state index contributed by atoms with van der Waals surface area (Å²) in [5.41, 5.74) is 0. The smallest absolute Gasteiger partial charge is 0.209 e. The second-order valence-corrected chi connectivity index (χ2v) is 6.99. The van der Waals surface area contributed by atoms with Gasteiger partial charge in [-0.15, -0.1) is 0 Å². The Morgan fingerprint density at radius 2 is 0.955 bits per heavy atom. The molecule has 0 radical (unpaired) electrons. The number of rotatable bonds is 5. The number of piperazine rings is 2. The van der Waals surface area contributed by atoms with Crippen LogP contribution in [0.2, 0.25) is 0 Å². The molecule has 6 heteroatoms. The number of hydrogen-bond acceptors (Lipinski definition) is 4. The Kier molecular flexibility index (Phi) is 5.81. The molecule has 0 aromatic rings. The molecule has 2 aliphatic rings. The minimum Gasteiger partial charge on any atom is -0.342 e. The zero-order valence-corrected chi connectivity index (χ0v) is 14.3. The molecule has 2 fully saturated rings. The number of carbonyl (C=O) groups is 2. The molecule has 2 aliphatic heterocycles. The highest BCUT2D eigenvalue weighted by molar-refractivity contribution is 5.48. The van der Waals surface area contributed by atoms with Crippen LogP contribution >= 0.6 is 0 Å². The Morgan fingerprint density at radius 3 is 1.18 bits per heavy atom. The lowest BCUT2D eigenvalue weighted by Gasteiger charge is -2.47. The number of amides is 2. The lowest BCUT2D eigenvalue weighted by molar-refractivity contribution is -0.124. The fraction of sp³-hybridized carbons (Fsp3) is 0.875. The molecular weight excluding hydrogens is 280 g/mol. The molecule has 0 saturated carbocycles. The van der Waals surface area contributed by atoms with E-state index in [9.17, 15) is 9.59 Å². The van der Waals surface area contributed by atoms with Crippen LogP contribution in [0.3, 0.4) is 0 Å². The molecule has 0 unspecified atom stereocenters. The molecule has 4 atom stereocenters. The molecular formula is C16H30N4O2. The average Bonchev–Trinajstić information content (AvgIpc) is 2.47. The SMILES string of the molecule is C[C@@H]1CN(C=O)C[C@H](C)N1CCN1[C@H](C)CN(C=O)C[C@@H]1C. The van der Waals surface area contributed by atoms with Crippen molar-refractivity contribution in [1.29, 1.82) is 0 Å². The number of nitrogens with zero attached hydrogens (tertiary/aromatic N) is 4. The predicted molar refractivity (Wildman–Crippen MR) is 86.5 cm³/mol. The van der Waals surface area contributed by atoms with E-state index >= 15 is 0 Å². The summed E-state index contributed by atoms with van der Waals surface area (Å²) in [6.45, 7) is 14.1. The van der Waals surface area contributed by atoms with E-state index in [4.69, 9.17) is 0 Å². The fourth-order valence-corrected chi connectivity index (χ4v) is 4.08. The minimum atomic E-state index is 0.399. The Hall–Kier alpha value is -1.14. The minimum absolute atomic E-state index is 0.399. The first kappa shape index (κ1) is 17.2.